The molecule has 0 fully saturated rings. The molecule has 3 rings (SSSR count). The Hall–Kier alpha value is -1.87. The fraction of sp³-hybridized carbons (Fsp3) is 0.0556. The van der Waals surface area contributed by atoms with Crippen LogP contribution in [-0.4, -0.2) is 10.1 Å². The Labute approximate surface area is 139 Å². The number of benzene rings is 2. The second kappa shape index (κ2) is 6.09. The minimum atomic E-state index is -1.39. The topological polar surface area (TPSA) is 33.1 Å². The molecule has 4 heteroatoms. The highest BCUT2D eigenvalue weighted by molar-refractivity contribution is 6.31. The van der Waals surface area contributed by atoms with Crippen LogP contribution in [0.25, 0.3) is 0 Å². The molecule has 0 radical (unpaired) electrons. The molecule has 22 heavy (non-hydrogen) atoms. The summed E-state index contributed by atoms with van der Waals surface area (Å²) in [5, 5.41) is 12.6. The number of halogens is 2. The zero-order valence-corrected chi connectivity index (χ0v) is 13.1. The van der Waals surface area contributed by atoms with Crippen LogP contribution in [0.15, 0.2) is 73.1 Å². The highest BCUT2D eigenvalue weighted by Crippen LogP contribution is 2.39. The van der Waals surface area contributed by atoms with Crippen molar-refractivity contribution in [1.29, 1.82) is 0 Å². The molecular weight excluding hydrogens is 317 g/mol. The van der Waals surface area contributed by atoms with Gasteiger partial charge in [0, 0.05) is 33.6 Å². The summed E-state index contributed by atoms with van der Waals surface area (Å²) in [7, 11) is 0. The number of hydrogen-bond acceptors (Lipinski definition) is 2. The maximum absolute atomic E-state index is 11.5. The first-order valence-corrected chi connectivity index (χ1v) is 7.52. The summed E-state index contributed by atoms with van der Waals surface area (Å²) in [5.74, 6) is 0. The van der Waals surface area contributed by atoms with E-state index < -0.39 is 5.60 Å². The molecule has 0 spiro atoms. The molecule has 0 bridgehead atoms. The van der Waals surface area contributed by atoms with E-state index in [-0.39, 0.29) is 0 Å². The third-order valence-electron chi connectivity index (χ3n) is 3.60. The molecule has 2 nitrogen and oxygen atoms in total. The third-order valence-corrected chi connectivity index (χ3v) is 4.19. The van der Waals surface area contributed by atoms with Crippen LogP contribution in [0, 0.1) is 0 Å². The van der Waals surface area contributed by atoms with Gasteiger partial charge < -0.3 is 5.11 Å². The molecule has 110 valence electrons. The molecule has 1 unspecified atom stereocenters. The average molecular weight is 330 g/mol. The second-order valence-electron chi connectivity index (χ2n) is 4.94. The van der Waals surface area contributed by atoms with Crippen LogP contribution < -0.4 is 0 Å². The molecule has 0 aliphatic heterocycles. The molecule has 0 aliphatic rings. The maximum Gasteiger partial charge on any atom is 0.143 e. The van der Waals surface area contributed by atoms with Crippen LogP contribution in [-0.2, 0) is 5.60 Å². The summed E-state index contributed by atoms with van der Waals surface area (Å²) in [6.45, 7) is 0. The molecule has 1 heterocycles. The van der Waals surface area contributed by atoms with E-state index in [9.17, 15) is 5.11 Å². The van der Waals surface area contributed by atoms with E-state index in [2.05, 4.69) is 4.98 Å². The molecule has 3 aromatic rings. The molecule has 1 aromatic heterocycles. The van der Waals surface area contributed by atoms with Gasteiger partial charge >= 0.3 is 0 Å². The van der Waals surface area contributed by atoms with Crippen LogP contribution in [0.1, 0.15) is 16.7 Å². The zero-order chi connectivity index (χ0) is 15.6. The fourth-order valence-electron chi connectivity index (χ4n) is 2.50. The summed E-state index contributed by atoms with van der Waals surface area (Å²) in [6, 6.07) is 17.9. The summed E-state index contributed by atoms with van der Waals surface area (Å²) in [5.41, 5.74) is 0.535. The predicted molar refractivity (Wildman–Crippen MR) is 89.2 cm³/mol. The van der Waals surface area contributed by atoms with E-state index in [4.69, 9.17) is 23.2 Å². The number of hydrogen-bond donors (Lipinski definition) is 1. The van der Waals surface area contributed by atoms with Gasteiger partial charge in [0.2, 0.25) is 0 Å². The standard InChI is InChI=1S/C18H13Cl2NO/c19-15-9-7-13(8-10-15)18(22,14-4-3-11-21-12-14)16-5-1-2-6-17(16)20/h1-12,22H. The molecular formula is C18H13Cl2NO. The lowest BCUT2D eigenvalue weighted by Gasteiger charge is -2.30. The number of pyridine rings is 1. The Kier molecular flexibility index (Phi) is 4.16. The van der Waals surface area contributed by atoms with E-state index in [0.29, 0.717) is 26.7 Å². The second-order valence-corrected chi connectivity index (χ2v) is 5.78. The monoisotopic (exact) mass is 329 g/mol. The predicted octanol–water partition coefficient (Wildman–Crippen LogP) is 4.67. The van der Waals surface area contributed by atoms with Crippen molar-refractivity contribution in [3.05, 3.63) is 99.8 Å². The largest absolute Gasteiger partial charge is 0.376 e. The van der Waals surface area contributed by atoms with E-state index in [1.807, 2.05) is 24.3 Å². The van der Waals surface area contributed by atoms with E-state index >= 15 is 0 Å². The van der Waals surface area contributed by atoms with Gasteiger partial charge in [0.25, 0.3) is 0 Å². The van der Waals surface area contributed by atoms with Crippen LogP contribution in [0.4, 0.5) is 0 Å². The van der Waals surface area contributed by atoms with Crippen LogP contribution in [0.3, 0.4) is 0 Å². The third kappa shape index (κ3) is 2.61. The van der Waals surface area contributed by atoms with Crippen molar-refractivity contribution in [2.45, 2.75) is 5.60 Å². The number of aliphatic hydroxyl groups is 1. The van der Waals surface area contributed by atoms with Gasteiger partial charge in [-0.05, 0) is 29.8 Å². The lowest BCUT2D eigenvalue weighted by Crippen LogP contribution is -2.29. The minimum Gasteiger partial charge on any atom is -0.376 e. The van der Waals surface area contributed by atoms with Gasteiger partial charge in [0.15, 0.2) is 0 Å². The fourth-order valence-corrected chi connectivity index (χ4v) is 2.90. The van der Waals surface area contributed by atoms with E-state index in [1.165, 1.54) is 0 Å². The minimum absolute atomic E-state index is 0.490. The van der Waals surface area contributed by atoms with Gasteiger partial charge in [-0.1, -0.05) is 59.6 Å². The highest BCUT2D eigenvalue weighted by Gasteiger charge is 2.35. The van der Waals surface area contributed by atoms with Gasteiger partial charge in [-0.2, -0.15) is 0 Å². The Morgan fingerprint density at radius 3 is 2.18 bits per heavy atom. The lowest BCUT2D eigenvalue weighted by molar-refractivity contribution is 0.125. The highest BCUT2D eigenvalue weighted by atomic mass is 35.5. The smallest absolute Gasteiger partial charge is 0.143 e. The van der Waals surface area contributed by atoms with Crippen molar-refractivity contribution in [2.75, 3.05) is 0 Å². The van der Waals surface area contributed by atoms with Crippen LogP contribution in [0.2, 0.25) is 10.0 Å². The first-order chi connectivity index (χ1) is 10.6. The summed E-state index contributed by atoms with van der Waals surface area (Å²) in [4.78, 5) is 4.12. The molecule has 0 saturated heterocycles. The Morgan fingerprint density at radius 1 is 0.818 bits per heavy atom. The van der Waals surface area contributed by atoms with Gasteiger partial charge in [-0.3, -0.25) is 4.98 Å². The normalized spacial score (nSPS) is 13.6. The molecule has 0 aliphatic carbocycles. The number of rotatable bonds is 3. The SMILES string of the molecule is OC(c1ccc(Cl)cc1)(c1cccnc1)c1ccccc1Cl. The van der Waals surface area contributed by atoms with Crippen molar-refractivity contribution in [3.63, 3.8) is 0 Å². The van der Waals surface area contributed by atoms with Crippen molar-refractivity contribution in [3.8, 4) is 0 Å². The molecule has 1 N–H and O–H groups in total. The molecule has 0 amide bonds. The Balaban J connectivity index is 2.27. The summed E-state index contributed by atoms with van der Waals surface area (Å²) >= 11 is 12.3. The van der Waals surface area contributed by atoms with Gasteiger partial charge in [-0.15, -0.1) is 0 Å². The van der Waals surface area contributed by atoms with Crippen LogP contribution in [0.5, 0.6) is 0 Å². The first kappa shape index (κ1) is 15.0. The van der Waals surface area contributed by atoms with Crippen LogP contribution >= 0.6 is 23.2 Å². The Bertz CT molecular complexity index is 775. The van der Waals surface area contributed by atoms with E-state index in [0.717, 1.165) is 0 Å². The maximum atomic E-state index is 11.5. The van der Waals surface area contributed by atoms with Crippen molar-refractivity contribution >= 4 is 23.2 Å². The molecule has 2 aromatic carbocycles. The number of nitrogens with zero attached hydrogens (tertiary/aromatic N) is 1. The van der Waals surface area contributed by atoms with Gasteiger partial charge in [-0.25, -0.2) is 0 Å². The van der Waals surface area contributed by atoms with Crippen molar-refractivity contribution in [1.82, 2.24) is 4.98 Å². The van der Waals surface area contributed by atoms with Gasteiger partial charge in [0.1, 0.15) is 5.60 Å². The zero-order valence-electron chi connectivity index (χ0n) is 11.6. The summed E-state index contributed by atoms with van der Waals surface area (Å²) in [6.07, 6.45) is 3.30. The molecule has 1 atom stereocenters. The van der Waals surface area contributed by atoms with Crippen molar-refractivity contribution < 1.29 is 5.11 Å². The summed E-state index contributed by atoms with van der Waals surface area (Å²) < 4.78 is 0. The quantitative estimate of drug-likeness (QED) is 0.757. The number of aromatic nitrogens is 1. The lowest BCUT2D eigenvalue weighted by atomic mass is 9.81. The van der Waals surface area contributed by atoms with Gasteiger partial charge in [0.05, 0.1) is 0 Å². The molecule has 0 saturated carbocycles. The van der Waals surface area contributed by atoms with E-state index in [1.54, 1.807) is 48.8 Å². The average Bonchev–Trinajstić information content (AvgIpc) is 2.56. The Morgan fingerprint density at radius 2 is 1.55 bits per heavy atom. The first-order valence-electron chi connectivity index (χ1n) is 6.76. The van der Waals surface area contributed by atoms with Crippen molar-refractivity contribution in [2.24, 2.45) is 0 Å².